The third-order valence-electron chi connectivity index (χ3n) is 3.89. The molecule has 0 saturated heterocycles. The highest BCUT2D eigenvalue weighted by molar-refractivity contribution is 6.21. The van der Waals surface area contributed by atoms with Crippen LogP contribution in [0.2, 0.25) is 0 Å². The van der Waals surface area contributed by atoms with Gasteiger partial charge in [0.1, 0.15) is 0 Å². The highest BCUT2D eigenvalue weighted by atomic mass is 16.7. The molecule has 6 heteroatoms. The summed E-state index contributed by atoms with van der Waals surface area (Å²) in [4.78, 5) is 41.8. The number of benzene rings is 1. The standard InChI is InChI=1S/C18H12N2O4/c1-11-8-13-7-6-12(10-19(13)9-11)18(23)24-20-16(21)14-4-2-3-5-15(14)17(20)22/h2-10H,1H3. The topological polar surface area (TPSA) is 68.1 Å². The van der Waals surface area contributed by atoms with E-state index in [9.17, 15) is 14.4 Å². The number of aryl methyl sites for hydroxylation is 1. The predicted molar refractivity (Wildman–Crippen MR) is 84.5 cm³/mol. The Balaban J connectivity index is 1.62. The van der Waals surface area contributed by atoms with E-state index in [0.717, 1.165) is 11.1 Å². The number of hydrogen-bond acceptors (Lipinski definition) is 4. The Morgan fingerprint density at radius 2 is 1.62 bits per heavy atom. The van der Waals surface area contributed by atoms with Gasteiger partial charge in [-0.2, -0.15) is 0 Å². The smallest absolute Gasteiger partial charge is 0.324 e. The fourth-order valence-electron chi connectivity index (χ4n) is 2.76. The second kappa shape index (κ2) is 5.06. The molecule has 0 atom stereocenters. The second-order valence-corrected chi connectivity index (χ2v) is 5.60. The van der Waals surface area contributed by atoms with E-state index in [2.05, 4.69) is 0 Å². The SMILES string of the molecule is Cc1cc2ccc(C(=O)ON3C(=O)c4ccccc4C3=O)cn2c1. The lowest BCUT2D eigenvalue weighted by Gasteiger charge is -2.12. The van der Waals surface area contributed by atoms with Crippen LogP contribution in [0.1, 0.15) is 36.6 Å². The van der Waals surface area contributed by atoms with E-state index in [1.54, 1.807) is 34.9 Å². The van der Waals surface area contributed by atoms with Crippen LogP contribution in [-0.2, 0) is 4.84 Å². The number of fused-ring (bicyclic) bond motifs is 2. The number of imide groups is 1. The molecule has 3 aromatic rings. The van der Waals surface area contributed by atoms with E-state index in [1.807, 2.05) is 19.2 Å². The minimum Gasteiger partial charge on any atom is -0.324 e. The van der Waals surface area contributed by atoms with Crippen LogP contribution in [0.25, 0.3) is 5.52 Å². The van der Waals surface area contributed by atoms with Crippen molar-refractivity contribution >= 4 is 23.3 Å². The number of hydrogen-bond donors (Lipinski definition) is 0. The monoisotopic (exact) mass is 320 g/mol. The number of pyridine rings is 1. The summed E-state index contributed by atoms with van der Waals surface area (Å²) >= 11 is 0. The molecule has 0 fully saturated rings. The second-order valence-electron chi connectivity index (χ2n) is 5.60. The Kier molecular flexibility index (Phi) is 2.99. The summed E-state index contributed by atoms with van der Waals surface area (Å²) in [7, 11) is 0. The lowest BCUT2D eigenvalue weighted by molar-refractivity contribution is -0.0584. The maximum Gasteiger partial charge on any atom is 0.365 e. The molecule has 1 aliphatic rings. The van der Waals surface area contributed by atoms with Gasteiger partial charge in [0.25, 0.3) is 11.8 Å². The first-order valence-corrected chi connectivity index (χ1v) is 7.33. The zero-order chi connectivity index (χ0) is 16.8. The molecule has 2 amide bonds. The molecule has 3 heterocycles. The minimum absolute atomic E-state index is 0.229. The molecular formula is C18H12N2O4. The maximum absolute atomic E-state index is 12.3. The van der Waals surface area contributed by atoms with Crippen LogP contribution in [0.3, 0.4) is 0 Å². The third-order valence-corrected chi connectivity index (χ3v) is 3.89. The van der Waals surface area contributed by atoms with Crippen LogP contribution in [0, 0.1) is 6.92 Å². The normalized spacial score (nSPS) is 13.5. The van der Waals surface area contributed by atoms with E-state index in [1.165, 1.54) is 12.1 Å². The summed E-state index contributed by atoms with van der Waals surface area (Å²) in [5, 5.41) is 0.512. The van der Waals surface area contributed by atoms with Crippen LogP contribution in [-0.4, -0.2) is 27.2 Å². The molecule has 4 rings (SSSR count). The Morgan fingerprint density at radius 1 is 0.958 bits per heavy atom. The molecule has 0 aliphatic carbocycles. The summed E-state index contributed by atoms with van der Waals surface area (Å²) in [6, 6.07) is 11.7. The Labute approximate surface area is 136 Å². The van der Waals surface area contributed by atoms with E-state index in [4.69, 9.17) is 4.84 Å². The van der Waals surface area contributed by atoms with Crippen molar-refractivity contribution < 1.29 is 19.2 Å². The number of nitrogens with zero attached hydrogens (tertiary/aromatic N) is 2. The van der Waals surface area contributed by atoms with Crippen molar-refractivity contribution in [3.63, 3.8) is 0 Å². The van der Waals surface area contributed by atoms with Crippen LogP contribution in [0.5, 0.6) is 0 Å². The Bertz CT molecular complexity index is 984. The summed E-state index contributed by atoms with van der Waals surface area (Å²) < 4.78 is 1.79. The van der Waals surface area contributed by atoms with Gasteiger partial charge in [0.2, 0.25) is 0 Å². The highest BCUT2D eigenvalue weighted by Crippen LogP contribution is 2.23. The average Bonchev–Trinajstić information content (AvgIpc) is 3.07. The van der Waals surface area contributed by atoms with Crippen molar-refractivity contribution in [2.24, 2.45) is 0 Å². The molecule has 0 radical (unpaired) electrons. The van der Waals surface area contributed by atoms with Gasteiger partial charge in [-0.25, -0.2) is 4.79 Å². The molecule has 6 nitrogen and oxygen atoms in total. The van der Waals surface area contributed by atoms with Crippen molar-refractivity contribution in [1.29, 1.82) is 0 Å². The molecule has 2 aromatic heterocycles. The number of carbonyl (C=O) groups is 3. The largest absolute Gasteiger partial charge is 0.365 e. The molecule has 0 unspecified atom stereocenters. The number of carbonyl (C=O) groups excluding carboxylic acids is 3. The summed E-state index contributed by atoms with van der Waals surface area (Å²) in [6.45, 7) is 1.95. The van der Waals surface area contributed by atoms with Crippen molar-refractivity contribution in [3.05, 3.63) is 77.1 Å². The highest BCUT2D eigenvalue weighted by Gasteiger charge is 2.38. The molecule has 0 bridgehead atoms. The van der Waals surface area contributed by atoms with Gasteiger partial charge in [0, 0.05) is 17.9 Å². The Hall–Kier alpha value is -3.41. The molecule has 1 aliphatic heterocycles. The van der Waals surface area contributed by atoms with Crippen molar-refractivity contribution in [3.8, 4) is 0 Å². The van der Waals surface area contributed by atoms with Crippen LogP contribution in [0.4, 0.5) is 0 Å². The Morgan fingerprint density at radius 3 is 2.29 bits per heavy atom. The molecule has 118 valence electrons. The van der Waals surface area contributed by atoms with Crippen molar-refractivity contribution in [2.75, 3.05) is 0 Å². The van der Waals surface area contributed by atoms with E-state index < -0.39 is 17.8 Å². The molecule has 1 aromatic carbocycles. The van der Waals surface area contributed by atoms with Crippen LogP contribution < -0.4 is 0 Å². The van der Waals surface area contributed by atoms with Gasteiger partial charge in [-0.1, -0.05) is 17.2 Å². The van der Waals surface area contributed by atoms with Gasteiger partial charge in [0.05, 0.1) is 16.7 Å². The lowest BCUT2D eigenvalue weighted by Crippen LogP contribution is -2.32. The molecule has 0 saturated carbocycles. The van der Waals surface area contributed by atoms with Gasteiger partial charge in [-0.05, 0) is 42.8 Å². The zero-order valence-electron chi connectivity index (χ0n) is 12.7. The quantitative estimate of drug-likeness (QED) is 0.681. The third kappa shape index (κ3) is 2.08. The number of amides is 2. The fraction of sp³-hybridized carbons (Fsp3) is 0.0556. The van der Waals surface area contributed by atoms with E-state index in [-0.39, 0.29) is 16.7 Å². The predicted octanol–water partition coefficient (Wildman–Crippen LogP) is 2.62. The zero-order valence-corrected chi connectivity index (χ0v) is 12.7. The van der Waals surface area contributed by atoms with E-state index in [0.29, 0.717) is 5.06 Å². The molecule has 24 heavy (non-hydrogen) atoms. The minimum atomic E-state index is -0.766. The summed E-state index contributed by atoms with van der Waals surface area (Å²) in [5.74, 6) is -2.04. The van der Waals surface area contributed by atoms with Crippen LogP contribution >= 0.6 is 0 Å². The van der Waals surface area contributed by atoms with Gasteiger partial charge in [0.15, 0.2) is 0 Å². The van der Waals surface area contributed by atoms with E-state index >= 15 is 0 Å². The molecule has 0 N–H and O–H groups in total. The fourth-order valence-corrected chi connectivity index (χ4v) is 2.76. The average molecular weight is 320 g/mol. The number of hydroxylamine groups is 2. The summed E-state index contributed by atoms with van der Waals surface area (Å²) in [6.07, 6.45) is 3.47. The van der Waals surface area contributed by atoms with Crippen LogP contribution in [0.15, 0.2) is 54.9 Å². The molecule has 0 spiro atoms. The van der Waals surface area contributed by atoms with Gasteiger partial charge in [-0.15, -0.1) is 0 Å². The van der Waals surface area contributed by atoms with Crippen molar-refractivity contribution in [2.45, 2.75) is 6.92 Å². The maximum atomic E-state index is 12.3. The van der Waals surface area contributed by atoms with Gasteiger partial charge in [-0.3, -0.25) is 9.59 Å². The first kappa shape index (κ1) is 14.2. The molecular weight excluding hydrogens is 308 g/mol. The lowest BCUT2D eigenvalue weighted by atomic mass is 10.1. The first-order valence-electron chi connectivity index (χ1n) is 7.33. The van der Waals surface area contributed by atoms with Gasteiger partial charge >= 0.3 is 5.97 Å². The van der Waals surface area contributed by atoms with Crippen molar-refractivity contribution in [1.82, 2.24) is 9.46 Å². The first-order chi connectivity index (χ1) is 11.5. The van der Waals surface area contributed by atoms with Gasteiger partial charge < -0.3 is 9.24 Å². The number of rotatable bonds is 2. The summed E-state index contributed by atoms with van der Waals surface area (Å²) in [5.41, 5.74) is 2.69. The number of aromatic nitrogens is 1.